The Morgan fingerprint density at radius 1 is 1.14 bits per heavy atom. The molecule has 218 valence electrons. The van der Waals surface area contributed by atoms with Gasteiger partial charge < -0.3 is 14.4 Å². The quantitative estimate of drug-likeness (QED) is 0.280. The molecule has 1 aliphatic heterocycles. The molecule has 6 rings (SSSR count). The SMILES string of the molecule is Cc1c(-c2cc(OC(CC3CC3)c3ccccn3)n3c(C#N)cnc3c2)nnn1C1CCN(C(=O)OC(C)(C)C)CC1. The molecule has 11 nitrogen and oxygen atoms in total. The molecule has 11 heteroatoms. The van der Waals surface area contributed by atoms with Crippen molar-refractivity contribution in [1.82, 2.24) is 34.3 Å². The number of ether oxygens (including phenoxy) is 2. The summed E-state index contributed by atoms with van der Waals surface area (Å²) in [6.45, 7) is 8.83. The second kappa shape index (κ2) is 11.1. The van der Waals surface area contributed by atoms with Crippen molar-refractivity contribution in [2.45, 2.75) is 77.5 Å². The molecule has 1 atom stereocenters. The van der Waals surface area contributed by atoms with Crippen LogP contribution in [-0.2, 0) is 4.74 Å². The van der Waals surface area contributed by atoms with Crippen LogP contribution in [0.2, 0.25) is 0 Å². The van der Waals surface area contributed by atoms with E-state index in [1.807, 2.05) is 62.7 Å². The second-order valence-electron chi connectivity index (χ2n) is 12.2. The highest BCUT2D eigenvalue weighted by molar-refractivity contribution is 5.69. The van der Waals surface area contributed by atoms with Gasteiger partial charge in [-0.2, -0.15) is 5.26 Å². The lowest BCUT2D eigenvalue weighted by Crippen LogP contribution is -2.42. The van der Waals surface area contributed by atoms with Crippen LogP contribution in [0, 0.1) is 24.2 Å². The second-order valence-corrected chi connectivity index (χ2v) is 12.2. The number of carbonyl (C=O) groups excluding carboxylic acids is 1. The van der Waals surface area contributed by atoms with Crippen molar-refractivity contribution in [2.75, 3.05) is 13.1 Å². The Bertz CT molecular complexity index is 1620. The maximum Gasteiger partial charge on any atom is 0.410 e. The topological polar surface area (TPSA) is 123 Å². The van der Waals surface area contributed by atoms with Crippen LogP contribution in [0.1, 0.15) is 82.1 Å². The van der Waals surface area contributed by atoms with Crippen molar-refractivity contribution in [3.63, 3.8) is 0 Å². The molecule has 4 aromatic heterocycles. The fraction of sp³-hybridized carbons (Fsp3) is 0.484. The van der Waals surface area contributed by atoms with Crippen LogP contribution in [0.3, 0.4) is 0 Å². The number of rotatable bonds is 7. The minimum Gasteiger partial charge on any atom is -0.469 e. The normalized spacial score (nSPS) is 16.8. The van der Waals surface area contributed by atoms with Crippen LogP contribution >= 0.6 is 0 Å². The molecular weight excluding hydrogens is 532 g/mol. The molecule has 0 radical (unpaired) electrons. The molecule has 1 aliphatic carbocycles. The molecule has 4 aromatic rings. The van der Waals surface area contributed by atoms with Gasteiger partial charge in [-0.3, -0.25) is 9.38 Å². The lowest BCUT2D eigenvalue weighted by Gasteiger charge is -2.33. The largest absolute Gasteiger partial charge is 0.469 e. The van der Waals surface area contributed by atoms with E-state index in [1.165, 1.54) is 12.8 Å². The van der Waals surface area contributed by atoms with Crippen molar-refractivity contribution < 1.29 is 14.3 Å². The molecule has 42 heavy (non-hydrogen) atoms. The predicted octanol–water partition coefficient (Wildman–Crippen LogP) is 5.66. The van der Waals surface area contributed by atoms with Gasteiger partial charge in [0.15, 0.2) is 0 Å². The van der Waals surface area contributed by atoms with E-state index >= 15 is 0 Å². The number of nitriles is 1. The first-order chi connectivity index (χ1) is 20.2. The van der Waals surface area contributed by atoms with Gasteiger partial charge in [-0.15, -0.1) is 5.10 Å². The van der Waals surface area contributed by atoms with Gasteiger partial charge in [-0.05, 0) is 71.1 Å². The van der Waals surface area contributed by atoms with E-state index in [9.17, 15) is 10.1 Å². The zero-order chi connectivity index (χ0) is 29.4. The number of aromatic nitrogens is 6. The molecule has 1 saturated carbocycles. The van der Waals surface area contributed by atoms with Gasteiger partial charge >= 0.3 is 6.09 Å². The van der Waals surface area contributed by atoms with Crippen LogP contribution in [0.4, 0.5) is 4.79 Å². The summed E-state index contributed by atoms with van der Waals surface area (Å²) in [5, 5.41) is 18.9. The van der Waals surface area contributed by atoms with Crippen molar-refractivity contribution in [3.05, 3.63) is 59.8 Å². The first-order valence-electron chi connectivity index (χ1n) is 14.6. The van der Waals surface area contributed by atoms with E-state index < -0.39 is 5.60 Å². The first kappa shape index (κ1) is 27.7. The molecule has 0 aromatic carbocycles. The Morgan fingerprint density at radius 2 is 1.93 bits per heavy atom. The van der Waals surface area contributed by atoms with Gasteiger partial charge in [-0.1, -0.05) is 24.1 Å². The molecule has 0 bridgehead atoms. The third-order valence-corrected chi connectivity index (χ3v) is 7.88. The van der Waals surface area contributed by atoms with Crippen molar-refractivity contribution in [3.8, 4) is 23.2 Å². The molecular formula is C31H36N8O3. The van der Waals surface area contributed by atoms with E-state index in [-0.39, 0.29) is 18.2 Å². The van der Waals surface area contributed by atoms with Crippen LogP contribution in [0.5, 0.6) is 5.88 Å². The van der Waals surface area contributed by atoms with E-state index in [0.29, 0.717) is 36.2 Å². The molecule has 1 unspecified atom stereocenters. The number of imidazole rings is 1. The maximum absolute atomic E-state index is 12.5. The zero-order valence-corrected chi connectivity index (χ0v) is 24.5. The lowest BCUT2D eigenvalue weighted by atomic mass is 10.0. The van der Waals surface area contributed by atoms with Gasteiger partial charge in [0, 0.05) is 30.9 Å². The Hall–Kier alpha value is -4.46. The van der Waals surface area contributed by atoms with Crippen LogP contribution < -0.4 is 4.74 Å². The molecule has 0 N–H and O–H groups in total. The van der Waals surface area contributed by atoms with E-state index in [4.69, 9.17) is 9.47 Å². The summed E-state index contributed by atoms with van der Waals surface area (Å²) in [5.74, 6) is 1.13. The number of fused-ring (bicyclic) bond motifs is 1. The van der Waals surface area contributed by atoms with Gasteiger partial charge in [0.05, 0.1) is 23.6 Å². The van der Waals surface area contributed by atoms with Crippen molar-refractivity contribution in [1.29, 1.82) is 5.26 Å². The number of nitrogens with zero attached hydrogens (tertiary/aromatic N) is 8. The maximum atomic E-state index is 12.5. The highest BCUT2D eigenvalue weighted by Gasteiger charge is 2.31. The fourth-order valence-electron chi connectivity index (χ4n) is 5.55. The Kier molecular flexibility index (Phi) is 7.31. The number of pyridine rings is 2. The number of piperidine rings is 1. The number of likely N-dealkylation sites (tertiary alicyclic amines) is 1. The monoisotopic (exact) mass is 568 g/mol. The summed E-state index contributed by atoms with van der Waals surface area (Å²) in [5.41, 5.74) is 3.81. The predicted molar refractivity (Wildman–Crippen MR) is 155 cm³/mol. The zero-order valence-electron chi connectivity index (χ0n) is 24.5. The smallest absolute Gasteiger partial charge is 0.410 e. The number of carbonyl (C=O) groups is 1. The Morgan fingerprint density at radius 3 is 2.60 bits per heavy atom. The minimum atomic E-state index is -0.520. The molecule has 1 saturated heterocycles. The van der Waals surface area contributed by atoms with E-state index in [1.54, 1.807) is 21.7 Å². The van der Waals surface area contributed by atoms with Gasteiger partial charge in [0.25, 0.3) is 0 Å². The first-order valence-corrected chi connectivity index (χ1v) is 14.6. The van der Waals surface area contributed by atoms with E-state index in [2.05, 4.69) is 26.3 Å². The van der Waals surface area contributed by atoms with Gasteiger partial charge in [0.1, 0.15) is 34.8 Å². The van der Waals surface area contributed by atoms with E-state index in [0.717, 1.165) is 41.9 Å². The highest BCUT2D eigenvalue weighted by Crippen LogP contribution is 2.40. The van der Waals surface area contributed by atoms with Crippen molar-refractivity contribution in [2.24, 2.45) is 5.92 Å². The average Bonchev–Trinajstić information content (AvgIpc) is 3.56. The summed E-state index contributed by atoms with van der Waals surface area (Å²) in [6, 6.07) is 12.0. The summed E-state index contributed by atoms with van der Waals surface area (Å²) in [4.78, 5) is 23.4. The lowest BCUT2D eigenvalue weighted by molar-refractivity contribution is 0.0183. The molecule has 2 aliphatic rings. The summed E-state index contributed by atoms with van der Waals surface area (Å²) < 4.78 is 15.9. The number of hydrogen-bond acceptors (Lipinski definition) is 8. The molecule has 0 spiro atoms. The Balaban J connectivity index is 1.28. The van der Waals surface area contributed by atoms with Crippen LogP contribution in [0.15, 0.2) is 42.7 Å². The highest BCUT2D eigenvalue weighted by atomic mass is 16.6. The third kappa shape index (κ3) is 5.79. The standard InChI is InChI=1S/C31H36N8O3/c1-20-29(35-36-39(20)23-10-13-37(14-11-23)30(40)42-31(2,3)4)22-16-27-34-19-24(18-32)38(27)28(17-22)41-26(15-21-8-9-21)25-7-5-6-12-33-25/h5-7,12,16-17,19,21,23,26H,8-11,13-15H2,1-4H3. The minimum absolute atomic E-state index is 0.119. The number of hydrogen-bond donors (Lipinski definition) is 0. The summed E-state index contributed by atoms with van der Waals surface area (Å²) in [6.07, 6.45) is 7.57. The van der Waals surface area contributed by atoms with Gasteiger partial charge in [0.2, 0.25) is 5.88 Å². The molecule has 5 heterocycles. The van der Waals surface area contributed by atoms with Crippen LogP contribution in [0.25, 0.3) is 16.9 Å². The summed E-state index contributed by atoms with van der Waals surface area (Å²) >= 11 is 0. The third-order valence-electron chi connectivity index (χ3n) is 7.88. The number of amides is 1. The summed E-state index contributed by atoms with van der Waals surface area (Å²) in [7, 11) is 0. The molecule has 2 fully saturated rings. The Labute approximate surface area is 245 Å². The fourth-order valence-corrected chi connectivity index (χ4v) is 5.55. The molecule has 1 amide bonds. The van der Waals surface area contributed by atoms with Gasteiger partial charge in [-0.25, -0.2) is 14.5 Å². The van der Waals surface area contributed by atoms with Crippen LogP contribution in [-0.4, -0.2) is 59.0 Å². The van der Waals surface area contributed by atoms with Crippen molar-refractivity contribution >= 4 is 11.7 Å². The average molecular weight is 569 g/mol.